The molecule has 1 aliphatic heterocycles. The molecule has 6 nitrogen and oxygen atoms in total. The minimum absolute atomic E-state index is 0.444. The van der Waals surface area contributed by atoms with Crippen molar-refractivity contribution in [1.29, 1.82) is 0 Å². The van der Waals surface area contributed by atoms with E-state index in [0.29, 0.717) is 24.0 Å². The van der Waals surface area contributed by atoms with Gasteiger partial charge in [0.1, 0.15) is 11.5 Å². The molecule has 4 aromatic rings. The minimum atomic E-state index is 0.444. The Labute approximate surface area is 223 Å². The average Bonchev–Trinajstić information content (AvgIpc) is 3.50. The van der Waals surface area contributed by atoms with E-state index >= 15 is 0 Å². The number of imidazole rings is 1. The summed E-state index contributed by atoms with van der Waals surface area (Å²) in [4.78, 5) is 10.6. The van der Waals surface area contributed by atoms with Gasteiger partial charge in [0.25, 0.3) is 0 Å². The van der Waals surface area contributed by atoms with Gasteiger partial charge in [-0.25, -0.2) is 4.98 Å². The molecular formula is C30H36ClN3O3. The highest BCUT2D eigenvalue weighted by Gasteiger charge is 2.17. The maximum atomic E-state index is 6.28. The summed E-state index contributed by atoms with van der Waals surface area (Å²) in [6.07, 6.45) is 2.90. The summed E-state index contributed by atoms with van der Waals surface area (Å²) in [6.45, 7) is 8.72. The van der Waals surface area contributed by atoms with Crippen molar-refractivity contribution < 1.29 is 13.9 Å². The minimum Gasteiger partial charge on any atom is -0.493 e. The summed E-state index contributed by atoms with van der Waals surface area (Å²) < 4.78 is 17.7. The normalized spacial score (nSPS) is 14.8. The van der Waals surface area contributed by atoms with E-state index in [9.17, 15) is 0 Å². The van der Waals surface area contributed by atoms with E-state index in [1.54, 1.807) is 0 Å². The Balaban J connectivity index is 1.27. The highest BCUT2D eigenvalue weighted by Crippen LogP contribution is 2.29. The lowest BCUT2D eigenvalue weighted by atomic mass is 10.00. The van der Waals surface area contributed by atoms with E-state index in [1.165, 1.54) is 5.56 Å². The highest BCUT2D eigenvalue weighted by atomic mass is 35.5. The first kappa shape index (κ1) is 25.8. The van der Waals surface area contributed by atoms with E-state index in [-0.39, 0.29) is 0 Å². The molecule has 1 aliphatic rings. The summed E-state index contributed by atoms with van der Waals surface area (Å²) in [5.41, 5.74) is 4.23. The van der Waals surface area contributed by atoms with Crippen molar-refractivity contribution in [3.8, 4) is 17.3 Å². The molecule has 1 saturated heterocycles. The van der Waals surface area contributed by atoms with Gasteiger partial charge in [0.2, 0.25) is 0 Å². The first-order chi connectivity index (χ1) is 17.9. The SMILES string of the molecule is CC(C)COc1ccc(Cl)cc1Cc1ccc(-c2nc3ccc(CN(C)CC4CCOCC4)cc3[nH]2)o1. The fourth-order valence-corrected chi connectivity index (χ4v) is 5.08. The molecule has 0 radical (unpaired) electrons. The van der Waals surface area contributed by atoms with Crippen LogP contribution in [-0.2, 0) is 17.7 Å². The van der Waals surface area contributed by atoms with Crippen LogP contribution in [0.2, 0.25) is 5.02 Å². The van der Waals surface area contributed by atoms with Crippen LogP contribution < -0.4 is 4.74 Å². The smallest absolute Gasteiger partial charge is 0.174 e. The van der Waals surface area contributed by atoms with Crippen molar-refractivity contribution in [2.75, 3.05) is 33.4 Å². The molecule has 0 atom stereocenters. The monoisotopic (exact) mass is 521 g/mol. The maximum Gasteiger partial charge on any atom is 0.174 e. The summed E-state index contributed by atoms with van der Waals surface area (Å²) in [7, 11) is 2.20. The summed E-state index contributed by atoms with van der Waals surface area (Å²) in [5, 5.41) is 0.685. The molecule has 196 valence electrons. The van der Waals surface area contributed by atoms with Gasteiger partial charge in [-0.2, -0.15) is 0 Å². The Kier molecular flexibility index (Phi) is 8.18. The van der Waals surface area contributed by atoms with E-state index in [0.717, 1.165) is 84.8 Å². The lowest BCUT2D eigenvalue weighted by Crippen LogP contribution is -2.29. The predicted molar refractivity (Wildman–Crippen MR) is 148 cm³/mol. The Morgan fingerprint density at radius 3 is 2.76 bits per heavy atom. The lowest BCUT2D eigenvalue weighted by molar-refractivity contribution is 0.0549. The number of hydrogen-bond acceptors (Lipinski definition) is 5. The van der Waals surface area contributed by atoms with Gasteiger partial charge >= 0.3 is 0 Å². The first-order valence-electron chi connectivity index (χ1n) is 13.2. The number of fused-ring (bicyclic) bond motifs is 1. The van der Waals surface area contributed by atoms with Gasteiger partial charge in [-0.1, -0.05) is 31.5 Å². The Bertz CT molecular complexity index is 1320. The van der Waals surface area contributed by atoms with Crippen LogP contribution in [0.1, 0.15) is 43.6 Å². The van der Waals surface area contributed by atoms with E-state index < -0.39 is 0 Å². The topological polar surface area (TPSA) is 63.5 Å². The Hall–Kier alpha value is -2.80. The number of H-pyrrole nitrogens is 1. The van der Waals surface area contributed by atoms with Crippen molar-refractivity contribution in [3.63, 3.8) is 0 Å². The van der Waals surface area contributed by atoms with Gasteiger partial charge in [-0.05, 0) is 79.8 Å². The van der Waals surface area contributed by atoms with Gasteiger partial charge in [0, 0.05) is 43.3 Å². The second kappa shape index (κ2) is 11.7. The van der Waals surface area contributed by atoms with E-state index in [1.807, 2.05) is 30.3 Å². The zero-order valence-electron chi connectivity index (χ0n) is 21.9. The van der Waals surface area contributed by atoms with Gasteiger partial charge in [-0.15, -0.1) is 0 Å². The van der Waals surface area contributed by atoms with E-state index in [4.69, 9.17) is 30.5 Å². The third-order valence-electron chi connectivity index (χ3n) is 6.76. The standard InChI is InChI=1S/C30H36ClN3O3/c1-20(2)19-36-28-8-5-24(31)15-23(28)16-25-6-9-29(37-25)30-32-26-7-4-22(14-27(26)33-30)18-34(3)17-21-10-12-35-13-11-21/h4-9,14-15,20-21H,10-13,16-19H2,1-3H3,(H,32,33). The molecule has 1 fully saturated rings. The van der Waals surface area contributed by atoms with Gasteiger partial charge in [-0.3, -0.25) is 0 Å². The van der Waals surface area contributed by atoms with Crippen molar-refractivity contribution in [2.24, 2.45) is 11.8 Å². The quantitative estimate of drug-likeness (QED) is 0.244. The van der Waals surface area contributed by atoms with Crippen LogP contribution >= 0.6 is 11.6 Å². The number of rotatable bonds is 10. The molecule has 3 heterocycles. The van der Waals surface area contributed by atoms with Crippen LogP contribution in [0.3, 0.4) is 0 Å². The van der Waals surface area contributed by atoms with Gasteiger partial charge in [0.15, 0.2) is 11.6 Å². The van der Waals surface area contributed by atoms with Crippen molar-refractivity contribution in [3.05, 3.63) is 70.4 Å². The summed E-state index contributed by atoms with van der Waals surface area (Å²) in [5.74, 6) is 4.29. The molecule has 7 heteroatoms. The second-order valence-corrected chi connectivity index (χ2v) is 11.0. The van der Waals surface area contributed by atoms with Crippen molar-refractivity contribution in [2.45, 2.75) is 39.7 Å². The molecule has 2 aromatic heterocycles. The number of aromatic nitrogens is 2. The lowest BCUT2D eigenvalue weighted by Gasteiger charge is -2.27. The molecule has 0 saturated carbocycles. The molecular weight excluding hydrogens is 486 g/mol. The number of hydrogen-bond donors (Lipinski definition) is 1. The van der Waals surface area contributed by atoms with Crippen LogP contribution in [0, 0.1) is 11.8 Å². The fraction of sp³-hybridized carbons (Fsp3) is 0.433. The largest absolute Gasteiger partial charge is 0.493 e. The first-order valence-corrected chi connectivity index (χ1v) is 13.6. The van der Waals surface area contributed by atoms with Crippen LogP contribution in [0.5, 0.6) is 5.75 Å². The third-order valence-corrected chi connectivity index (χ3v) is 7.00. The van der Waals surface area contributed by atoms with Crippen LogP contribution in [0.25, 0.3) is 22.6 Å². The van der Waals surface area contributed by atoms with Crippen molar-refractivity contribution >= 4 is 22.6 Å². The highest BCUT2D eigenvalue weighted by molar-refractivity contribution is 6.30. The van der Waals surface area contributed by atoms with Crippen LogP contribution in [0.15, 0.2) is 52.9 Å². The molecule has 1 N–H and O–H groups in total. The Morgan fingerprint density at radius 1 is 1.11 bits per heavy atom. The molecule has 0 unspecified atom stereocenters. The molecule has 5 rings (SSSR count). The molecule has 0 aliphatic carbocycles. The molecule has 0 bridgehead atoms. The number of nitrogens with one attached hydrogen (secondary N) is 1. The molecule has 2 aromatic carbocycles. The molecule has 0 spiro atoms. The number of ether oxygens (including phenoxy) is 2. The fourth-order valence-electron chi connectivity index (χ4n) is 4.89. The van der Waals surface area contributed by atoms with E-state index in [2.05, 4.69) is 49.0 Å². The number of nitrogens with zero attached hydrogens (tertiary/aromatic N) is 2. The average molecular weight is 522 g/mol. The third kappa shape index (κ3) is 6.75. The molecule has 0 amide bonds. The van der Waals surface area contributed by atoms with Gasteiger partial charge < -0.3 is 23.8 Å². The summed E-state index contributed by atoms with van der Waals surface area (Å²) >= 11 is 6.28. The summed E-state index contributed by atoms with van der Waals surface area (Å²) in [6, 6.07) is 16.1. The second-order valence-electron chi connectivity index (χ2n) is 10.6. The number of aromatic amines is 1. The van der Waals surface area contributed by atoms with Crippen LogP contribution in [-0.4, -0.2) is 48.3 Å². The number of furan rings is 1. The van der Waals surface area contributed by atoms with Gasteiger partial charge in [0.05, 0.1) is 17.6 Å². The molecule has 37 heavy (non-hydrogen) atoms. The van der Waals surface area contributed by atoms with Crippen LogP contribution in [0.4, 0.5) is 0 Å². The Morgan fingerprint density at radius 2 is 1.95 bits per heavy atom. The van der Waals surface area contributed by atoms with Crippen molar-refractivity contribution in [1.82, 2.24) is 14.9 Å². The zero-order chi connectivity index (χ0) is 25.8. The number of benzene rings is 2. The zero-order valence-corrected chi connectivity index (χ0v) is 22.7. The number of halogens is 1. The predicted octanol–water partition coefficient (Wildman–Crippen LogP) is 6.96. The maximum absolute atomic E-state index is 6.28.